The van der Waals surface area contributed by atoms with Crippen LogP contribution in [0, 0.1) is 0 Å². The summed E-state index contributed by atoms with van der Waals surface area (Å²) in [5, 5.41) is 0. The minimum Gasteiger partial charge on any atom is -0.376 e. The van der Waals surface area contributed by atoms with Crippen LogP contribution in [0.2, 0.25) is 0 Å². The molecule has 106 valence electrons. The Kier molecular flexibility index (Phi) is 4.16. The lowest BCUT2D eigenvalue weighted by Crippen LogP contribution is -2.42. The minimum absolute atomic E-state index is 0.107. The van der Waals surface area contributed by atoms with Crippen molar-refractivity contribution < 1.29 is 4.74 Å². The SMILES string of the molecule is C[C@H]1CN([C@@H](C)c2nc(N)nc(N(C)C)n2)CCO1. The molecule has 19 heavy (non-hydrogen) atoms. The molecule has 1 aromatic rings. The van der Waals surface area contributed by atoms with Crippen molar-refractivity contribution in [2.75, 3.05) is 44.4 Å². The van der Waals surface area contributed by atoms with Crippen LogP contribution in [0.25, 0.3) is 0 Å². The lowest BCUT2D eigenvalue weighted by atomic mass is 10.2. The van der Waals surface area contributed by atoms with Gasteiger partial charge in [0.25, 0.3) is 0 Å². The highest BCUT2D eigenvalue weighted by molar-refractivity contribution is 5.33. The molecule has 0 aromatic carbocycles. The van der Waals surface area contributed by atoms with E-state index in [9.17, 15) is 0 Å². The topological polar surface area (TPSA) is 80.4 Å². The Morgan fingerprint density at radius 2 is 2.11 bits per heavy atom. The Bertz CT molecular complexity index is 438. The highest BCUT2D eigenvalue weighted by Crippen LogP contribution is 2.21. The second-order valence-electron chi connectivity index (χ2n) is 5.10. The first-order valence-corrected chi connectivity index (χ1v) is 6.52. The van der Waals surface area contributed by atoms with E-state index in [-0.39, 0.29) is 18.1 Å². The molecule has 0 aliphatic carbocycles. The van der Waals surface area contributed by atoms with Gasteiger partial charge in [-0.25, -0.2) is 0 Å². The van der Waals surface area contributed by atoms with Crippen molar-refractivity contribution in [1.82, 2.24) is 19.9 Å². The van der Waals surface area contributed by atoms with Crippen LogP contribution in [0.4, 0.5) is 11.9 Å². The van der Waals surface area contributed by atoms with Crippen molar-refractivity contribution in [1.29, 1.82) is 0 Å². The summed E-state index contributed by atoms with van der Waals surface area (Å²) in [6, 6.07) is 0.107. The van der Waals surface area contributed by atoms with Crippen LogP contribution in [-0.2, 0) is 4.74 Å². The Balaban J connectivity index is 2.20. The van der Waals surface area contributed by atoms with Crippen molar-refractivity contribution in [2.24, 2.45) is 0 Å². The number of nitrogens with two attached hydrogens (primary N) is 1. The Hall–Kier alpha value is -1.47. The van der Waals surface area contributed by atoms with Gasteiger partial charge in [-0.3, -0.25) is 4.90 Å². The Morgan fingerprint density at radius 3 is 2.74 bits per heavy atom. The van der Waals surface area contributed by atoms with Gasteiger partial charge >= 0.3 is 0 Å². The van der Waals surface area contributed by atoms with Gasteiger partial charge in [-0.2, -0.15) is 15.0 Å². The van der Waals surface area contributed by atoms with E-state index in [0.717, 1.165) is 19.7 Å². The first kappa shape index (κ1) is 14.0. The third kappa shape index (κ3) is 3.30. The highest BCUT2D eigenvalue weighted by atomic mass is 16.5. The van der Waals surface area contributed by atoms with Crippen LogP contribution in [0.5, 0.6) is 0 Å². The van der Waals surface area contributed by atoms with E-state index in [4.69, 9.17) is 10.5 Å². The molecule has 1 fully saturated rings. The van der Waals surface area contributed by atoms with Crippen molar-refractivity contribution in [3.8, 4) is 0 Å². The molecule has 0 unspecified atom stereocenters. The lowest BCUT2D eigenvalue weighted by molar-refractivity contribution is -0.0331. The van der Waals surface area contributed by atoms with Gasteiger partial charge in [0, 0.05) is 27.2 Å². The second kappa shape index (κ2) is 5.66. The molecule has 2 rings (SSSR count). The molecule has 1 aliphatic heterocycles. The number of hydrogen-bond donors (Lipinski definition) is 1. The number of hydrogen-bond acceptors (Lipinski definition) is 7. The predicted molar refractivity (Wildman–Crippen MR) is 74.0 cm³/mol. The van der Waals surface area contributed by atoms with Gasteiger partial charge in [-0.05, 0) is 13.8 Å². The maximum absolute atomic E-state index is 5.76. The molecule has 0 spiro atoms. The zero-order valence-corrected chi connectivity index (χ0v) is 12.0. The van der Waals surface area contributed by atoms with Crippen LogP contribution < -0.4 is 10.6 Å². The molecule has 2 N–H and O–H groups in total. The largest absolute Gasteiger partial charge is 0.376 e. The molecule has 1 aromatic heterocycles. The van der Waals surface area contributed by atoms with Crippen LogP contribution in [0.1, 0.15) is 25.7 Å². The van der Waals surface area contributed by atoms with Gasteiger partial charge in [0.05, 0.1) is 18.8 Å². The molecule has 2 heterocycles. The smallest absolute Gasteiger partial charge is 0.229 e. The molecular formula is C12H22N6O. The van der Waals surface area contributed by atoms with Crippen LogP contribution in [0.15, 0.2) is 0 Å². The van der Waals surface area contributed by atoms with Gasteiger partial charge in [0.2, 0.25) is 11.9 Å². The quantitative estimate of drug-likeness (QED) is 0.842. The molecule has 1 saturated heterocycles. The van der Waals surface area contributed by atoms with E-state index in [2.05, 4.69) is 33.7 Å². The van der Waals surface area contributed by atoms with E-state index < -0.39 is 0 Å². The van der Waals surface area contributed by atoms with Gasteiger partial charge in [0.15, 0.2) is 5.82 Å². The number of nitrogens with zero attached hydrogens (tertiary/aromatic N) is 5. The highest BCUT2D eigenvalue weighted by Gasteiger charge is 2.25. The van der Waals surface area contributed by atoms with E-state index in [1.54, 1.807) is 0 Å². The molecule has 7 heteroatoms. The molecule has 0 bridgehead atoms. The summed E-state index contributed by atoms with van der Waals surface area (Å²) in [4.78, 5) is 17.0. The maximum Gasteiger partial charge on any atom is 0.229 e. The van der Waals surface area contributed by atoms with Gasteiger partial charge < -0.3 is 15.4 Å². The van der Waals surface area contributed by atoms with Crippen molar-refractivity contribution in [3.63, 3.8) is 0 Å². The van der Waals surface area contributed by atoms with E-state index >= 15 is 0 Å². The van der Waals surface area contributed by atoms with Gasteiger partial charge in [0.1, 0.15) is 0 Å². The number of aromatic nitrogens is 3. The summed E-state index contributed by atoms with van der Waals surface area (Å²) in [7, 11) is 3.78. The standard InChI is InChI=1S/C12H22N6O/c1-8-7-18(5-6-19-8)9(2)10-14-11(13)16-12(15-10)17(3)4/h8-9H,5-7H2,1-4H3,(H2,13,14,15,16)/t8-,9-/m0/s1. The number of ether oxygens (including phenoxy) is 1. The Morgan fingerprint density at radius 1 is 1.37 bits per heavy atom. The predicted octanol–water partition coefficient (Wildman–Crippen LogP) is 0.302. The van der Waals surface area contributed by atoms with E-state index in [1.165, 1.54) is 0 Å². The van der Waals surface area contributed by atoms with Crippen LogP contribution >= 0.6 is 0 Å². The average Bonchev–Trinajstić information content (AvgIpc) is 2.37. The summed E-state index contributed by atoms with van der Waals surface area (Å²) in [6.07, 6.45) is 0.240. The summed E-state index contributed by atoms with van der Waals surface area (Å²) in [5.74, 6) is 1.57. The molecule has 0 amide bonds. The fraction of sp³-hybridized carbons (Fsp3) is 0.750. The molecule has 1 aliphatic rings. The third-order valence-corrected chi connectivity index (χ3v) is 3.25. The fourth-order valence-electron chi connectivity index (χ4n) is 2.14. The Labute approximate surface area is 113 Å². The monoisotopic (exact) mass is 266 g/mol. The number of rotatable bonds is 3. The number of morpholine rings is 1. The van der Waals surface area contributed by atoms with E-state index in [1.807, 2.05) is 19.0 Å². The van der Waals surface area contributed by atoms with Gasteiger partial charge in [-0.1, -0.05) is 0 Å². The normalized spacial score (nSPS) is 22.2. The summed E-state index contributed by atoms with van der Waals surface area (Å²) >= 11 is 0. The first-order chi connectivity index (χ1) is 8.97. The van der Waals surface area contributed by atoms with Gasteiger partial charge in [-0.15, -0.1) is 0 Å². The second-order valence-corrected chi connectivity index (χ2v) is 5.10. The molecule has 0 saturated carbocycles. The zero-order chi connectivity index (χ0) is 14.0. The van der Waals surface area contributed by atoms with Crippen molar-refractivity contribution in [2.45, 2.75) is 26.0 Å². The van der Waals surface area contributed by atoms with Crippen LogP contribution in [-0.4, -0.2) is 59.7 Å². The summed E-state index contributed by atoms with van der Waals surface area (Å²) in [6.45, 7) is 6.67. The van der Waals surface area contributed by atoms with Crippen LogP contribution in [0.3, 0.4) is 0 Å². The summed E-state index contributed by atoms with van der Waals surface area (Å²) in [5.41, 5.74) is 5.76. The minimum atomic E-state index is 0.107. The fourth-order valence-corrected chi connectivity index (χ4v) is 2.14. The molecular weight excluding hydrogens is 244 g/mol. The van der Waals surface area contributed by atoms with Crippen molar-refractivity contribution in [3.05, 3.63) is 5.82 Å². The zero-order valence-electron chi connectivity index (χ0n) is 12.0. The molecule has 2 atom stereocenters. The number of anilines is 2. The number of nitrogen functional groups attached to an aromatic ring is 1. The third-order valence-electron chi connectivity index (χ3n) is 3.25. The van der Waals surface area contributed by atoms with E-state index in [0.29, 0.717) is 11.8 Å². The molecule has 7 nitrogen and oxygen atoms in total. The maximum atomic E-state index is 5.76. The average molecular weight is 266 g/mol. The first-order valence-electron chi connectivity index (χ1n) is 6.52. The van der Waals surface area contributed by atoms with Crippen molar-refractivity contribution >= 4 is 11.9 Å². The summed E-state index contributed by atoms with van der Waals surface area (Å²) < 4.78 is 5.55. The lowest BCUT2D eigenvalue weighted by Gasteiger charge is -2.34. The molecule has 0 radical (unpaired) electrons.